The fourth-order valence-corrected chi connectivity index (χ4v) is 5.98. The van der Waals surface area contributed by atoms with Gasteiger partial charge < -0.3 is 5.11 Å². The minimum atomic E-state index is -0.638. The molecule has 0 amide bonds. The molecule has 0 saturated heterocycles. The van der Waals surface area contributed by atoms with Crippen molar-refractivity contribution in [1.82, 2.24) is 0 Å². The third kappa shape index (κ3) is 2.42. The Morgan fingerprint density at radius 2 is 1.71 bits per heavy atom. The van der Waals surface area contributed by atoms with Gasteiger partial charge in [-0.2, -0.15) is 0 Å². The number of benzene rings is 1. The molecule has 4 bridgehead atoms. The molecule has 2 heteroatoms. The van der Waals surface area contributed by atoms with E-state index in [-0.39, 0.29) is 5.82 Å². The van der Waals surface area contributed by atoms with Crippen molar-refractivity contribution in [3.05, 3.63) is 35.1 Å². The van der Waals surface area contributed by atoms with Gasteiger partial charge in [-0.3, -0.25) is 0 Å². The van der Waals surface area contributed by atoms with E-state index in [0.29, 0.717) is 11.0 Å². The fourth-order valence-electron chi connectivity index (χ4n) is 5.98. The van der Waals surface area contributed by atoms with Gasteiger partial charge in [0.15, 0.2) is 0 Å². The Balaban J connectivity index is 1.56. The van der Waals surface area contributed by atoms with Crippen LogP contribution >= 0.6 is 0 Å². The van der Waals surface area contributed by atoms with E-state index < -0.39 is 6.10 Å². The van der Waals surface area contributed by atoms with Crippen molar-refractivity contribution in [2.45, 2.75) is 58.0 Å². The van der Waals surface area contributed by atoms with E-state index in [1.807, 2.05) is 13.0 Å². The summed E-state index contributed by atoms with van der Waals surface area (Å²) >= 11 is 0. The second-order valence-corrected chi connectivity index (χ2v) is 8.16. The zero-order valence-electron chi connectivity index (χ0n) is 12.8. The summed E-state index contributed by atoms with van der Waals surface area (Å²) in [6.07, 6.45) is 8.16. The van der Waals surface area contributed by atoms with Gasteiger partial charge in [-0.25, -0.2) is 4.39 Å². The minimum Gasteiger partial charge on any atom is -0.388 e. The number of hydrogen-bond acceptors (Lipinski definition) is 1. The SMILES string of the molecule is Cc1ccc(F)c(C(O)CC23CC4CC(CC(C4)C2)C3)c1. The normalized spacial score (nSPS) is 38.7. The van der Waals surface area contributed by atoms with E-state index in [0.717, 1.165) is 29.7 Å². The van der Waals surface area contributed by atoms with Gasteiger partial charge in [0.2, 0.25) is 0 Å². The summed E-state index contributed by atoms with van der Waals surface area (Å²) in [5, 5.41) is 10.6. The number of aryl methyl sites for hydroxylation is 1. The number of hydrogen-bond donors (Lipinski definition) is 1. The standard InChI is InChI=1S/C19H25FO/c1-12-2-3-17(20)16(4-12)18(21)11-19-8-13-5-14(9-19)7-15(6-13)10-19/h2-4,13-15,18,21H,5-11H2,1H3. The van der Waals surface area contributed by atoms with E-state index in [2.05, 4.69) is 0 Å². The van der Waals surface area contributed by atoms with Gasteiger partial charge in [-0.15, -0.1) is 0 Å². The second kappa shape index (κ2) is 4.81. The lowest BCUT2D eigenvalue weighted by molar-refractivity contribution is -0.0767. The molecule has 114 valence electrons. The summed E-state index contributed by atoms with van der Waals surface area (Å²) in [4.78, 5) is 0. The molecule has 0 radical (unpaired) electrons. The van der Waals surface area contributed by atoms with Crippen LogP contribution in [0.1, 0.15) is 62.2 Å². The molecule has 0 heterocycles. The Kier molecular flexibility index (Phi) is 3.15. The number of aliphatic hydroxyl groups is 1. The summed E-state index contributed by atoms with van der Waals surface area (Å²) in [6, 6.07) is 5.09. The van der Waals surface area contributed by atoms with E-state index in [1.165, 1.54) is 44.6 Å². The molecule has 1 nitrogen and oxygen atoms in total. The highest BCUT2D eigenvalue weighted by Crippen LogP contribution is 2.62. The molecular formula is C19H25FO. The Morgan fingerprint density at radius 3 is 2.29 bits per heavy atom. The molecule has 1 aromatic rings. The Morgan fingerprint density at radius 1 is 1.14 bits per heavy atom. The summed E-state index contributed by atoms with van der Waals surface area (Å²) < 4.78 is 14.0. The van der Waals surface area contributed by atoms with Crippen LogP contribution in [0.5, 0.6) is 0 Å². The van der Waals surface area contributed by atoms with Gasteiger partial charge in [-0.1, -0.05) is 17.7 Å². The van der Waals surface area contributed by atoms with Crippen molar-refractivity contribution in [1.29, 1.82) is 0 Å². The third-order valence-electron chi connectivity index (χ3n) is 6.30. The quantitative estimate of drug-likeness (QED) is 0.849. The van der Waals surface area contributed by atoms with E-state index in [9.17, 15) is 9.50 Å². The van der Waals surface area contributed by atoms with Crippen molar-refractivity contribution in [2.75, 3.05) is 0 Å². The second-order valence-electron chi connectivity index (χ2n) is 8.16. The number of rotatable bonds is 3. The Bertz CT molecular complexity index is 515. The molecule has 4 aliphatic carbocycles. The average molecular weight is 288 g/mol. The first-order chi connectivity index (χ1) is 10.0. The highest BCUT2D eigenvalue weighted by molar-refractivity contribution is 5.26. The topological polar surface area (TPSA) is 20.2 Å². The molecule has 5 rings (SSSR count). The third-order valence-corrected chi connectivity index (χ3v) is 6.30. The lowest BCUT2D eigenvalue weighted by Crippen LogP contribution is -2.46. The number of halogens is 1. The van der Waals surface area contributed by atoms with Crippen molar-refractivity contribution >= 4 is 0 Å². The zero-order chi connectivity index (χ0) is 14.6. The van der Waals surface area contributed by atoms with Crippen LogP contribution < -0.4 is 0 Å². The largest absolute Gasteiger partial charge is 0.388 e. The molecule has 4 fully saturated rings. The van der Waals surface area contributed by atoms with E-state index in [1.54, 1.807) is 6.07 Å². The lowest BCUT2D eigenvalue weighted by Gasteiger charge is -2.57. The van der Waals surface area contributed by atoms with Crippen molar-refractivity contribution in [3.63, 3.8) is 0 Å². The van der Waals surface area contributed by atoms with Crippen molar-refractivity contribution in [3.8, 4) is 0 Å². The molecule has 1 unspecified atom stereocenters. The molecule has 0 spiro atoms. The van der Waals surface area contributed by atoms with E-state index in [4.69, 9.17) is 0 Å². The van der Waals surface area contributed by atoms with Crippen LogP contribution in [-0.2, 0) is 0 Å². The summed E-state index contributed by atoms with van der Waals surface area (Å²) in [5.41, 5.74) is 1.83. The first-order valence-corrected chi connectivity index (χ1v) is 8.47. The molecule has 4 saturated carbocycles. The van der Waals surface area contributed by atoms with Crippen LogP contribution in [0.2, 0.25) is 0 Å². The highest BCUT2D eigenvalue weighted by atomic mass is 19.1. The summed E-state index contributed by atoms with van der Waals surface area (Å²) in [7, 11) is 0. The molecular weight excluding hydrogens is 263 g/mol. The summed E-state index contributed by atoms with van der Waals surface area (Å²) in [6.45, 7) is 1.96. The lowest BCUT2D eigenvalue weighted by atomic mass is 9.48. The van der Waals surface area contributed by atoms with E-state index >= 15 is 0 Å². The summed E-state index contributed by atoms with van der Waals surface area (Å²) in [5.74, 6) is 2.39. The van der Waals surface area contributed by atoms with Crippen LogP contribution in [0.25, 0.3) is 0 Å². The average Bonchev–Trinajstić information content (AvgIpc) is 2.39. The number of aliphatic hydroxyl groups excluding tert-OH is 1. The molecule has 0 aromatic heterocycles. The van der Waals surface area contributed by atoms with Crippen LogP contribution in [0.4, 0.5) is 4.39 Å². The smallest absolute Gasteiger partial charge is 0.129 e. The maximum absolute atomic E-state index is 14.0. The highest BCUT2D eigenvalue weighted by Gasteiger charge is 2.51. The predicted octanol–water partition coefficient (Wildman–Crippen LogP) is 4.77. The first kappa shape index (κ1) is 13.8. The molecule has 21 heavy (non-hydrogen) atoms. The predicted molar refractivity (Wildman–Crippen MR) is 81.3 cm³/mol. The maximum Gasteiger partial charge on any atom is 0.129 e. The van der Waals surface area contributed by atoms with Crippen LogP contribution in [0, 0.1) is 35.9 Å². The molecule has 1 N–H and O–H groups in total. The van der Waals surface area contributed by atoms with Crippen LogP contribution in [-0.4, -0.2) is 5.11 Å². The van der Waals surface area contributed by atoms with Crippen molar-refractivity contribution < 1.29 is 9.50 Å². The van der Waals surface area contributed by atoms with Gasteiger partial charge in [-0.05, 0) is 81.1 Å². The minimum absolute atomic E-state index is 0.252. The van der Waals surface area contributed by atoms with Crippen LogP contribution in [0.15, 0.2) is 18.2 Å². The van der Waals surface area contributed by atoms with Gasteiger partial charge in [0.25, 0.3) is 0 Å². The Hall–Kier alpha value is -0.890. The molecule has 1 atom stereocenters. The van der Waals surface area contributed by atoms with Crippen molar-refractivity contribution in [2.24, 2.45) is 23.2 Å². The molecule has 1 aromatic carbocycles. The van der Waals surface area contributed by atoms with Gasteiger partial charge in [0.05, 0.1) is 6.10 Å². The van der Waals surface area contributed by atoms with Gasteiger partial charge in [0.1, 0.15) is 5.82 Å². The van der Waals surface area contributed by atoms with Crippen LogP contribution in [0.3, 0.4) is 0 Å². The zero-order valence-corrected chi connectivity index (χ0v) is 12.8. The van der Waals surface area contributed by atoms with Gasteiger partial charge >= 0.3 is 0 Å². The molecule has 4 aliphatic rings. The maximum atomic E-state index is 14.0. The molecule has 0 aliphatic heterocycles. The van der Waals surface area contributed by atoms with Gasteiger partial charge in [0, 0.05) is 5.56 Å². The first-order valence-electron chi connectivity index (χ1n) is 8.47. The fraction of sp³-hybridized carbons (Fsp3) is 0.684. The Labute approximate surface area is 126 Å². The monoisotopic (exact) mass is 288 g/mol.